The van der Waals surface area contributed by atoms with Crippen molar-refractivity contribution >= 4 is 5.91 Å². The zero-order valence-corrected chi connectivity index (χ0v) is 13.1. The number of pyridine rings is 1. The third-order valence-corrected chi connectivity index (χ3v) is 4.95. The Morgan fingerprint density at radius 1 is 1.22 bits per heavy atom. The second-order valence-corrected chi connectivity index (χ2v) is 6.34. The summed E-state index contributed by atoms with van der Waals surface area (Å²) in [6.07, 6.45) is 11.7. The number of amides is 1. The Hall–Kier alpha value is -2.21. The van der Waals surface area contributed by atoms with E-state index in [4.69, 9.17) is 0 Å². The topological polar surface area (TPSA) is 63.1 Å². The molecule has 6 heteroatoms. The van der Waals surface area contributed by atoms with E-state index >= 15 is 0 Å². The molecule has 1 N–H and O–H groups in total. The number of carbonyl (C=O) groups excluding carboxylic acids is 1. The van der Waals surface area contributed by atoms with E-state index in [9.17, 15) is 4.79 Å². The van der Waals surface area contributed by atoms with Gasteiger partial charge in [0.1, 0.15) is 12.1 Å². The standard InChI is InChI=1S/C17H21N5O/c23-17(20-14-5-9-21-8-2-1-3-15(14)21)13-4-6-19-16(11-13)22-10-7-18-12-22/h4,6-7,10-12,14-15H,1-3,5,8-9H2,(H,20,23)/t14-,15+/m0/s1. The maximum atomic E-state index is 12.6. The van der Waals surface area contributed by atoms with Gasteiger partial charge in [0.15, 0.2) is 0 Å². The number of imidazole rings is 1. The second kappa shape index (κ2) is 6.12. The quantitative estimate of drug-likeness (QED) is 0.936. The smallest absolute Gasteiger partial charge is 0.251 e. The van der Waals surface area contributed by atoms with Crippen LogP contribution >= 0.6 is 0 Å². The lowest BCUT2D eigenvalue weighted by atomic mass is 9.99. The fourth-order valence-electron chi connectivity index (χ4n) is 3.76. The van der Waals surface area contributed by atoms with Crippen molar-refractivity contribution in [1.82, 2.24) is 24.8 Å². The largest absolute Gasteiger partial charge is 0.348 e. The molecule has 4 heterocycles. The van der Waals surface area contributed by atoms with Gasteiger partial charge in [-0.25, -0.2) is 9.97 Å². The van der Waals surface area contributed by atoms with Gasteiger partial charge in [0.2, 0.25) is 0 Å². The first-order valence-corrected chi connectivity index (χ1v) is 8.30. The van der Waals surface area contributed by atoms with Crippen LogP contribution in [0.25, 0.3) is 5.82 Å². The first kappa shape index (κ1) is 14.4. The normalized spacial score (nSPS) is 24.3. The van der Waals surface area contributed by atoms with E-state index in [1.165, 1.54) is 25.8 Å². The summed E-state index contributed by atoms with van der Waals surface area (Å²) in [5, 5.41) is 3.23. The highest BCUT2D eigenvalue weighted by Gasteiger charge is 2.36. The van der Waals surface area contributed by atoms with Gasteiger partial charge in [-0.3, -0.25) is 14.3 Å². The lowest BCUT2D eigenvalue weighted by Gasteiger charge is -2.32. The molecule has 0 unspecified atom stereocenters. The number of hydrogen-bond donors (Lipinski definition) is 1. The van der Waals surface area contributed by atoms with Crippen molar-refractivity contribution in [3.8, 4) is 5.82 Å². The molecule has 6 nitrogen and oxygen atoms in total. The Balaban J connectivity index is 1.48. The molecule has 4 rings (SSSR count). The van der Waals surface area contributed by atoms with Crippen LogP contribution in [0.15, 0.2) is 37.1 Å². The molecular formula is C17H21N5O. The molecule has 0 bridgehead atoms. The molecule has 0 saturated carbocycles. The molecule has 0 aliphatic carbocycles. The van der Waals surface area contributed by atoms with E-state index in [1.54, 1.807) is 29.4 Å². The molecule has 2 fully saturated rings. The van der Waals surface area contributed by atoms with Crippen molar-refractivity contribution in [3.63, 3.8) is 0 Å². The van der Waals surface area contributed by atoms with Crippen molar-refractivity contribution in [2.75, 3.05) is 13.1 Å². The Labute approximate surface area is 135 Å². The minimum absolute atomic E-state index is 0.00816. The molecule has 2 aromatic rings. The van der Waals surface area contributed by atoms with Crippen LogP contribution in [-0.4, -0.2) is 50.5 Å². The predicted molar refractivity (Wildman–Crippen MR) is 86.4 cm³/mol. The monoisotopic (exact) mass is 311 g/mol. The van der Waals surface area contributed by atoms with Gasteiger partial charge in [-0.2, -0.15) is 0 Å². The maximum Gasteiger partial charge on any atom is 0.251 e. The van der Waals surface area contributed by atoms with Crippen LogP contribution in [0.2, 0.25) is 0 Å². The maximum absolute atomic E-state index is 12.6. The van der Waals surface area contributed by atoms with Crippen molar-refractivity contribution in [2.45, 2.75) is 37.8 Å². The average molecular weight is 311 g/mol. The van der Waals surface area contributed by atoms with Crippen LogP contribution in [0.1, 0.15) is 36.0 Å². The van der Waals surface area contributed by atoms with E-state index in [-0.39, 0.29) is 11.9 Å². The number of carbonyl (C=O) groups is 1. The molecule has 2 saturated heterocycles. The summed E-state index contributed by atoms with van der Waals surface area (Å²) in [6.45, 7) is 2.28. The molecule has 23 heavy (non-hydrogen) atoms. The molecule has 0 spiro atoms. The van der Waals surface area contributed by atoms with Gasteiger partial charge >= 0.3 is 0 Å². The summed E-state index contributed by atoms with van der Waals surface area (Å²) in [4.78, 5) is 23.5. The highest BCUT2D eigenvalue weighted by Crippen LogP contribution is 2.27. The van der Waals surface area contributed by atoms with Crippen LogP contribution < -0.4 is 5.32 Å². The highest BCUT2D eigenvalue weighted by atomic mass is 16.1. The predicted octanol–water partition coefficient (Wildman–Crippen LogP) is 1.62. The van der Waals surface area contributed by atoms with Crippen LogP contribution in [0.4, 0.5) is 0 Å². The number of aromatic nitrogens is 3. The molecular weight excluding hydrogens is 290 g/mol. The van der Waals surface area contributed by atoms with Gasteiger partial charge in [-0.1, -0.05) is 6.42 Å². The first-order valence-electron chi connectivity index (χ1n) is 8.30. The minimum Gasteiger partial charge on any atom is -0.348 e. The summed E-state index contributed by atoms with van der Waals surface area (Å²) in [5.41, 5.74) is 0.651. The fraction of sp³-hybridized carbons (Fsp3) is 0.471. The number of rotatable bonds is 3. The Morgan fingerprint density at radius 3 is 3.04 bits per heavy atom. The van der Waals surface area contributed by atoms with Crippen molar-refractivity contribution in [3.05, 3.63) is 42.6 Å². The average Bonchev–Trinajstić information content (AvgIpc) is 3.25. The molecule has 1 amide bonds. The van der Waals surface area contributed by atoms with Gasteiger partial charge in [0.25, 0.3) is 5.91 Å². The molecule has 2 atom stereocenters. The van der Waals surface area contributed by atoms with Gasteiger partial charge in [-0.05, 0) is 37.9 Å². The molecule has 2 aliphatic heterocycles. The van der Waals surface area contributed by atoms with Gasteiger partial charge in [0, 0.05) is 42.8 Å². The Morgan fingerprint density at radius 2 is 2.17 bits per heavy atom. The lowest BCUT2D eigenvalue weighted by molar-refractivity contribution is 0.0915. The fourth-order valence-corrected chi connectivity index (χ4v) is 3.76. The summed E-state index contributed by atoms with van der Waals surface area (Å²) in [5.74, 6) is 0.701. The molecule has 0 aromatic carbocycles. The number of piperidine rings is 1. The van der Waals surface area contributed by atoms with E-state index in [1.807, 2.05) is 12.3 Å². The molecule has 2 aliphatic rings. The van der Waals surface area contributed by atoms with Crippen LogP contribution in [0, 0.1) is 0 Å². The number of fused-ring (bicyclic) bond motifs is 1. The first-order chi connectivity index (χ1) is 11.3. The van der Waals surface area contributed by atoms with E-state index in [2.05, 4.69) is 20.2 Å². The third kappa shape index (κ3) is 2.86. The third-order valence-electron chi connectivity index (χ3n) is 4.95. The zero-order valence-electron chi connectivity index (χ0n) is 13.1. The number of nitrogens with one attached hydrogen (secondary N) is 1. The summed E-state index contributed by atoms with van der Waals surface area (Å²) < 4.78 is 1.80. The van der Waals surface area contributed by atoms with E-state index in [0.717, 1.165) is 13.0 Å². The highest BCUT2D eigenvalue weighted by molar-refractivity contribution is 5.94. The van der Waals surface area contributed by atoms with E-state index < -0.39 is 0 Å². The van der Waals surface area contributed by atoms with Gasteiger partial charge in [-0.15, -0.1) is 0 Å². The van der Waals surface area contributed by atoms with Gasteiger partial charge in [0.05, 0.1) is 0 Å². The minimum atomic E-state index is -0.00816. The van der Waals surface area contributed by atoms with Crippen molar-refractivity contribution < 1.29 is 4.79 Å². The Bertz CT molecular complexity index is 684. The number of hydrogen-bond acceptors (Lipinski definition) is 4. The van der Waals surface area contributed by atoms with Crippen LogP contribution in [0.5, 0.6) is 0 Å². The van der Waals surface area contributed by atoms with Crippen molar-refractivity contribution in [2.24, 2.45) is 0 Å². The van der Waals surface area contributed by atoms with E-state index in [0.29, 0.717) is 17.4 Å². The SMILES string of the molecule is O=C(N[C@H]1CCN2CCCC[C@H]12)c1ccnc(-n2ccnc2)c1. The summed E-state index contributed by atoms with van der Waals surface area (Å²) in [7, 11) is 0. The number of nitrogens with zero attached hydrogens (tertiary/aromatic N) is 4. The second-order valence-electron chi connectivity index (χ2n) is 6.34. The molecule has 0 radical (unpaired) electrons. The van der Waals surface area contributed by atoms with Crippen LogP contribution in [0.3, 0.4) is 0 Å². The van der Waals surface area contributed by atoms with Crippen LogP contribution in [-0.2, 0) is 0 Å². The summed E-state index contributed by atoms with van der Waals surface area (Å²) in [6, 6.07) is 4.36. The van der Waals surface area contributed by atoms with Crippen molar-refractivity contribution in [1.29, 1.82) is 0 Å². The molecule has 120 valence electrons. The zero-order chi connectivity index (χ0) is 15.6. The Kier molecular flexibility index (Phi) is 3.83. The lowest BCUT2D eigenvalue weighted by Crippen LogP contribution is -2.46. The van der Waals surface area contributed by atoms with Gasteiger partial charge < -0.3 is 5.32 Å². The summed E-state index contributed by atoms with van der Waals surface area (Å²) >= 11 is 0. The molecule has 2 aromatic heterocycles.